The standard InChI is InChI=1S/C36H30O4P2S/c1-24-29-30(25-16-8-4-9-17-25)32(26-18-10-5-11-19-26)41(33(35(38)40-3)31(29)34(37)39-2)36(24)42(43,27-20-12-6-13-21-27)28-22-14-7-15-23-28/h4-23,29H,1-3H3. The molecule has 0 fully saturated rings. The van der Waals surface area contributed by atoms with Crippen LogP contribution in [-0.2, 0) is 30.9 Å². The Balaban J connectivity index is 1.78. The van der Waals surface area contributed by atoms with Gasteiger partial charge in [-0.05, 0) is 47.5 Å². The molecule has 3 heterocycles. The van der Waals surface area contributed by atoms with E-state index < -0.39 is 31.8 Å². The van der Waals surface area contributed by atoms with Crippen molar-refractivity contribution in [3.63, 3.8) is 0 Å². The number of rotatable bonds is 7. The maximum atomic E-state index is 13.9. The Labute approximate surface area is 258 Å². The molecule has 7 rings (SSSR count). The summed E-state index contributed by atoms with van der Waals surface area (Å²) in [5.41, 5.74) is 4.36. The van der Waals surface area contributed by atoms with Gasteiger partial charge in [0.1, 0.15) is 0 Å². The zero-order chi connectivity index (χ0) is 30.1. The Bertz CT molecular complexity index is 1800. The summed E-state index contributed by atoms with van der Waals surface area (Å²) in [5.74, 6) is -1.59. The molecule has 7 heteroatoms. The molecule has 2 unspecified atom stereocenters. The van der Waals surface area contributed by atoms with Crippen molar-refractivity contribution in [2.24, 2.45) is 5.92 Å². The number of hydrogen-bond acceptors (Lipinski definition) is 5. The topological polar surface area (TPSA) is 52.6 Å². The van der Waals surface area contributed by atoms with Gasteiger partial charge in [0.25, 0.3) is 0 Å². The minimum atomic E-state index is -2.71. The number of allylic oxidation sites excluding steroid dienone is 2. The summed E-state index contributed by atoms with van der Waals surface area (Å²) in [5, 5.41) is 4.54. The third-order valence-corrected chi connectivity index (χ3v) is 17.3. The number of carbonyl (C=O) groups is 2. The van der Waals surface area contributed by atoms with E-state index in [-0.39, 0.29) is 0 Å². The zero-order valence-corrected chi connectivity index (χ0v) is 26.7. The van der Waals surface area contributed by atoms with Gasteiger partial charge in [-0.3, -0.25) is 0 Å². The lowest BCUT2D eigenvalue weighted by atomic mass is 9.79. The van der Waals surface area contributed by atoms with Gasteiger partial charge in [-0.15, -0.1) is 0 Å². The molecule has 0 saturated carbocycles. The van der Waals surface area contributed by atoms with Gasteiger partial charge in [0.2, 0.25) is 0 Å². The van der Waals surface area contributed by atoms with Crippen molar-refractivity contribution in [1.29, 1.82) is 0 Å². The smallest absolute Gasteiger partial charge is 0.339 e. The molecule has 3 aliphatic heterocycles. The third kappa shape index (κ3) is 4.77. The highest BCUT2D eigenvalue weighted by molar-refractivity contribution is 8.27. The molecule has 43 heavy (non-hydrogen) atoms. The third-order valence-electron chi connectivity index (χ3n) is 7.99. The van der Waals surface area contributed by atoms with Crippen molar-refractivity contribution in [2.75, 3.05) is 14.2 Å². The van der Waals surface area contributed by atoms with Gasteiger partial charge >= 0.3 is 11.9 Å². The fourth-order valence-corrected chi connectivity index (χ4v) is 15.9. The molecule has 2 bridgehead atoms. The summed E-state index contributed by atoms with van der Waals surface area (Å²) in [6.45, 7) is 2.09. The average molecular weight is 621 g/mol. The van der Waals surface area contributed by atoms with Crippen LogP contribution in [0.1, 0.15) is 18.1 Å². The van der Waals surface area contributed by atoms with Crippen LogP contribution >= 0.6 is 14.0 Å². The van der Waals surface area contributed by atoms with E-state index in [0.717, 1.165) is 43.3 Å². The summed E-state index contributed by atoms with van der Waals surface area (Å²) in [6.07, 6.45) is 0. The minimum absolute atomic E-state index is 0.350. The molecule has 0 aromatic heterocycles. The Morgan fingerprint density at radius 1 is 0.674 bits per heavy atom. The Hall–Kier alpha value is -3.88. The fourth-order valence-electron chi connectivity index (χ4n) is 6.20. The van der Waals surface area contributed by atoms with Crippen LogP contribution < -0.4 is 10.6 Å². The van der Waals surface area contributed by atoms with Crippen molar-refractivity contribution >= 4 is 59.2 Å². The van der Waals surface area contributed by atoms with Gasteiger partial charge in [0.15, 0.2) is 0 Å². The summed E-state index contributed by atoms with van der Waals surface area (Å²) >= 11 is 6.92. The first-order valence-corrected chi connectivity index (χ1v) is 18.1. The summed E-state index contributed by atoms with van der Waals surface area (Å²) < 4.78 is 10.8. The van der Waals surface area contributed by atoms with E-state index in [4.69, 9.17) is 21.3 Å². The van der Waals surface area contributed by atoms with Gasteiger partial charge in [0.05, 0.1) is 25.1 Å². The van der Waals surface area contributed by atoms with Gasteiger partial charge in [-0.1, -0.05) is 139 Å². The molecule has 4 nitrogen and oxygen atoms in total. The van der Waals surface area contributed by atoms with Crippen LogP contribution in [0.15, 0.2) is 143 Å². The molecule has 0 aliphatic carbocycles. The van der Waals surface area contributed by atoms with E-state index in [9.17, 15) is 9.59 Å². The number of methoxy groups -OCH3 is 2. The van der Waals surface area contributed by atoms with Crippen molar-refractivity contribution in [3.8, 4) is 0 Å². The van der Waals surface area contributed by atoms with Gasteiger partial charge in [0, 0.05) is 17.0 Å². The predicted molar refractivity (Wildman–Crippen MR) is 180 cm³/mol. The Kier molecular flexibility index (Phi) is 8.16. The molecule has 2 atom stereocenters. The molecule has 0 N–H and O–H groups in total. The first-order chi connectivity index (χ1) is 20.9. The maximum absolute atomic E-state index is 13.9. The van der Waals surface area contributed by atoms with E-state index in [1.165, 1.54) is 14.2 Å². The second-order valence-corrected chi connectivity index (χ2v) is 17.0. The molecule has 0 amide bonds. The second kappa shape index (κ2) is 12.0. The van der Waals surface area contributed by atoms with Crippen molar-refractivity contribution in [2.45, 2.75) is 6.92 Å². The number of benzene rings is 4. The van der Waals surface area contributed by atoms with E-state index >= 15 is 0 Å². The van der Waals surface area contributed by atoms with E-state index in [1.54, 1.807) is 0 Å². The number of carbonyl (C=O) groups excluding carboxylic acids is 2. The zero-order valence-electron chi connectivity index (χ0n) is 24.1. The molecule has 214 valence electrons. The molecular formula is C36H30O4P2S. The minimum Gasteiger partial charge on any atom is -0.466 e. The average Bonchev–Trinajstić information content (AvgIpc) is 3.08. The van der Waals surface area contributed by atoms with Crippen LogP contribution in [0.3, 0.4) is 0 Å². The summed E-state index contributed by atoms with van der Waals surface area (Å²) in [6, 6.07) is 38.0. The lowest BCUT2D eigenvalue weighted by molar-refractivity contribution is -0.139. The van der Waals surface area contributed by atoms with E-state index in [0.29, 0.717) is 10.9 Å². The lowest BCUT2D eigenvalue weighted by Gasteiger charge is -2.47. The normalized spacial score (nSPS) is 18.1. The van der Waals surface area contributed by atoms with Gasteiger partial charge in [-0.25, -0.2) is 9.59 Å². The molecule has 3 aliphatic rings. The fraction of sp³-hybridized carbons (Fsp3) is 0.111. The van der Waals surface area contributed by atoms with Crippen molar-refractivity contribution < 1.29 is 19.1 Å². The molecule has 0 spiro atoms. The quantitative estimate of drug-likeness (QED) is 0.157. The second-order valence-electron chi connectivity index (χ2n) is 10.3. The molecule has 0 saturated heterocycles. The molecule has 0 radical (unpaired) electrons. The molecule has 4 aromatic rings. The number of hydrogen-bond donors (Lipinski definition) is 0. The van der Waals surface area contributed by atoms with Crippen LogP contribution in [0.5, 0.6) is 0 Å². The number of esters is 2. The highest BCUT2D eigenvalue weighted by atomic mass is 32.4. The van der Waals surface area contributed by atoms with Crippen LogP contribution in [-0.4, -0.2) is 26.2 Å². The van der Waals surface area contributed by atoms with Crippen LogP contribution in [0.25, 0.3) is 10.9 Å². The summed E-state index contributed by atoms with van der Waals surface area (Å²) in [4.78, 5) is 27.6. The highest BCUT2D eigenvalue weighted by Crippen LogP contribution is 2.82. The van der Waals surface area contributed by atoms with Crippen LogP contribution in [0.4, 0.5) is 0 Å². The largest absolute Gasteiger partial charge is 0.466 e. The monoisotopic (exact) mass is 620 g/mol. The lowest BCUT2D eigenvalue weighted by Crippen LogP contribution is -2.32. The van der Waals surface area contributed by atoms with Gasteiger partial charge < -0.3 is 9.47 Å². The number of ether oxygens (including phenoxy) is 2. The van der Waals surface area contributed by atoms with Crippen molar-refractivity contribution in [3.05, 3.63) is 154 Å². The summed E-state index contributed by atoms with van der Waals surface area (Å²) in [7, 11) is 1.11. The molecule has 4 aromatic carbocycles. The van der Waals surface area contributed by atoms with Gasteiger partial charge in [-0.2, -0.15) is 0 Å². The van der Waals surface area contributed by atoms with E-state index in [1.807, 2.05) is 72.8 Å². The Morgan fingerprint density at radius 2 is 1.12 bits per heavy atom. The first kappa shape index (κ1) is 29.2. The predicted octanol–water partition coefficient (Wildman–Crippen LogP) is 7.64. The van der Waals surface area contributed by atoms with Crippen LogP contribution in [0.2, 0.25) is 0 Å². The molecular weight excluding hydrogens is 590 g/mol. The van der Waals surface area contributed by atoms with E-state index in [2.05, 4.69) is 55.5 Å². The van der Waals surface area contributed by atoms with Crippen molar-refractivity contribution in [1.82, 2.24) is 0 Å². The van der Waals surface area contributed by atoms with Crippen LogP contribution in [0, 0.1) is 5.92 Å². The first-order valence-electron chi connectivity index (χ1n) is 13.9. The maximum Gasteiger partial charge on any atom is 0.339 e. The Morgan fingerprint density at radius 3 is 1.58 bits per heavy atom. The highest BCUT2D eigenvalue weighted by Gasteiger charge is 2.53. The SMILES string of the molecule is COC(=O)C1=C(C(=O)OC)P2C(c3ccccc3)=C(c3ccccc3)C1C(C)=C2P(=S)(c1ccccc1)c1ccccc1.